The molecule has 0 saturated carbocycles. The smallest absolute Gasteiger partial charge is 0.191 e. The fourth-order valence-electron chi connectivity index (χ4n) is 2.44. The van der Waals surface area contributed by atoms with Crippen LogP contribution in [0.15, 0.2) is 53.5 Å². The fraction of sp³-hybridized carbons (Fsp3) is 0.381. The Hall–Kier alpha value is -1.80. The number of methoxy groups -OCH3 is 1. The zero-order valence-corrected chi connectivity index (χ0v) is 18.7. The minimum atomic E-state index is 0. The molecule has 0 spiro atoms. The van der Waals surface area contributed by atoms with Gasteiger partial charge in [-0.3, -0.25) is 4.99 Å². The lowest BCUT2D eigenvalue weighted by Crippen LogP contribution is -2.36. The summed E-state index contributed by atoms with van der Waals surface area (Å²) < 4.78 is 10.8. The standard InChI is InChI=1S/C21H29N3O2.HI/c1-17-8-10-18(11-9-17)15-23-21(22-2)24-16-19-6-4-7-20(14-19)26-13-5-12-25-3;/h4,6-11,14H,5,12-13,15-16H2,1-3H3,(H2,22,23,24);1H. The molecule has 0 atom stereocenters. The molecule has 2 aromatic rings. The predicted molar refractivity (Wildman–Crippen MR) is 122 cm³/mol. The molecule has 0 saturated heterocycles. The van der Waals surface area contributed by atoms with Crippen molar-refractivity contribution < 1.29 is 9.47 Å². The van der Waals surface area contributed by atoms with Gasteiger partial charge in [0.05, 0.1) is 6.61 Å². The summed E-state index contributed by atoms with van der Waals surface area (Å²) in [7, 11) is 3.48. The Morgan fingerprint density at radius 2 is 1.67 bits per heavy atom. The van der Waals surface area contributed by atoms with Crippen LogP contribution < -0.4 is 15.4 Å². The van der Waals surface area contributed by atoms with E-state index >= 15 is 0 Å². The monoisotopic (exact) mass is 483 g/mol. The van der Waals surface area contributed by atoms with Crippen molar-refractivity contribution in [1.29, 1.82) is 0 Å². The zero-order valence-electron chi connectivity index (χ0n) is 16.3. The minimum absolute atomic E-state index is 0. The molecule has 0 bridgehead atoms. The highest BCUT2D eigenvalue weighted by molar-refractivity contribution is 14.0. The molecule has 0 heterocycles. The first-order chi connectivity index (χ1) is 12.7. The second kappa shape index (κ2) is 13.4. The minimum Gasteiger partial charge on any atom is -0.493 e. The Morgan fingerprint density at radius 1 is 0.963 bits per heavy atom. The summed E-state index contributed by atoms with van der Waals surface area (Å²) in [5, 5.41) is 6.67. The third-order valence-electron chi connectivity index (χ3n) is 3.92. The lowest BCUT2D eigenvalue weighted by atomic mass is 10.1. The van der Waals surface area contributed by atoms with Crippen LogP contribution in [0, 0.1) is 6.92 Å². The molecular formula is C21H30IN3O2. The van der Waals surface area contributed by atoms with E-state index in [9.17, 15) is 0 Å². The summed E-state index contributed by atoms with van der Waals surface area (Å²) in [6.07, 6.45) is 0.883. The number of aliphatic imine (C=N–C) groups is 1. The van der Waals surface area contributed by atoms with Gasteiger partial charge < -0.3 is 20.1 Å². The van der Waals surface area contributed by atoms with Gasteiger partial charge in [0.15, 0.2) is 5.96 Å². The van der Waals surface area contributed by atoms with Gasteiger partial charge in [-0.05, 0) is 30.2 Å². The van der Waals surface area contributed by atoms with Crippen LogP contribution in [-0.4, -0.2) is 33.3 Å². The van der Waals surface area contributed by atoms with Crippen LogP contribution in [0.5, 0.6) is 5.75 Å². The van der Waals surface area contributed by atoms with Gasteiger partial charge in [-0.1, -0.05) is 42.0 Å². The molecule has 5 nitrogen and oxygen atoms in total. The normalized spacial score (nSPS) is 10.9. The van der Waals surface area contributed by atoms with Crippen LogP contribution in [0.1, 0.15) is 23.1 Å². The first-order valence-corrected chi connectivity index (χ1v) is 8.92. The van der Waals surface area contributed by atoms with E-state index in [0.717, 1.165) is 30.2 Å². The number of nitrogens with zero attached hydrogens (tertiary/aromatic N) is 1. The van der Waals surface area contributed by atoms with Gasteiger partial charge in [-0.15, -0.1) is 24.0 Å². The van der Waals surface area contributed by atoms with E-state index < -0.39 is 0 Å². The molecular weight excluding hydrogens is 453 g/mol. The molecule has 6 heteroatoms. The Labute approximate surface area is 179 Å². The molecule has 0 aromatic heterocycles. The number of hydrogen-bond donors (Lipinski definition) is 2. The lowest BCUT2D eigenvalue weighted by Gasteiger charge is -2.13. The van der Waals surface area contributed by atoms with Gasteiger partial charge in [-0.25, -0.2) is 0 Å². The molecule has 27 heavy (non-hydrogen) atoms. The van der Waals surface area contributed by atoms with Crippen LogP contribution in [0.25, 0.3) is 0 Å². The predicted octanol–water partition coefficient (Wildman–Crippen LogP) is 3.89. The van der Waals surface area contributed by atoms with Gasteiger partial charge in [0, 0.05) is 40.3 Å². The van der Waals surface area contributed by atoms with Crippen molar-refractivity contribution in [2.45, 2.75) is 26.4 Å². The first-order valence-electron chi connectivity index (χ1n) is 8.92. The van der Waals surface area contributed by atoms with Crippen LogP contribution in [0.2, 0.25) is 0 Å². The lowest BCUT2D eigenvalue weighted by molar-refractivity contribution is 0.172. The summed E-state index contributed by atoms with van der Waals surface area (Å²) in [6.45, 7) is 4.88. The number of benzene rings is 2. The van der Waals surface area contributed by atoms with E-state index in [-0.39, 0.29) is 24.0 Å². The van der Waals surface area contributed by atoms with Crippen molar-refractivity contribution >= 4 is 29.9 Å². The maximum absolute atomic E-state index is 5.74. The maximum Gasteiger partial charge on any atom is 0.191 e. The Bertz CT molecular complexity index is 690. The SMILES string of the molecule is CN=C(NCc1ccc(C)cc1)NCc1cccc(OCCCOC)c1.I. The molecule has 0 aliphatic carbocycles. The van der Waals surface area contributed by atoms with Crippen molar-refractivity contribution in [3.05, 3.63) is 65.2 Å². The van der Waals surface area contributed by atoms with Crippen LogP contribution >= 0.6 is 24.0 Å². The van der Waals surface area contributed by atoms with Crippen molar-refractivity contribution in [3.63, 3.8) is 0 Å². The number of hydrogen-bond acceptors (Lipinski definition) is 3. The largest absolute Gasteiger partial charge is 0.493 e. The van der Waals surface area contributed by atoms with Crippen molar-refractivity contribution in [1.82, 2.24) is 10.6 Å². The molecule has 0 unspecified atom stereocenters. The average molecular weight is 483 g/mol. The zero-order chi connectivity index (χ0) is 18.6. The van der Waals surface area contributed by atoms with E-state index in [1.807, 2.05) is 18.2 Å². The van der Waals surface area contributed by atoms with Gasteiger partial charge in [0.1, 0.15) is 5.75 Å². The summed E-state index contributed by atoms with van der Waals surface area (Å²) in [6, 6.07) is 16.6. The highest BCUT2D eigenvalue weighted by atomic mass is 127. The third-order valence-corrected chi connectivity index (χ3v) is 3.92. The van der Waals surface area contributed by atoms with Crippen LogP contribution in [0.4, 0.5) is 0 Å². The summed E-state index contributed by atoms with van der Waals surface area (Å²) in [5.41, 5.74) is 3.64. The molecule has 0 amide bonds. The van der Waals surface area contributed by atoms with Gasteiger partial charge >= 0.3 is 0 Å². The average Bonchev–Trinajstić information content (AvgIpc) is 2.67. The molecule has 0 radical (unpaired) electrons. The number of halogens is 1. The van der Waals surface area contributed by atoms with Crippen LogP contribution in [-0.2, 0) is 17.8 Å². The van der Waals surface area contributed by atoms with E-state index in [0.29, 0.717) is 19.8 Å². The van der Waals surface area contributed by atoms with E-state index in [4.69, 9.17) is 9.47 Å². The maximum atomic E-state index is 5.74. The van der Waals surface area contributed by atoms with Gasteiger partial charge in [0.25, 0.3) is 0 Å². The van der Waals surface area contributed by atoms with Gasteiger partial charge in [-0.2, -0.15) is 0 Å². The topological polar surface area (TPSA) is 54.9 Å². The van der Waals surface area contributed by atoms with Gasteiger partial charge in [0.2, 0.25) is 0 Å². The summed E-state index contributed by atoms with van der Waals surface area (Å²) in [5.74, 6) is 1.65. The molecule has 2 aromatic carbocycles. The van der Waals surface area contributed by atoms with Crippen molar-refractivity contribution in [2.75, 3.05) is 27.4 Å². The van der Waals surface area contributed by atoms with E-state index in [2.05, 4.69) is 52.9 Å². The second-order valence-electron chi connectivity index (χ2n) is 6.11. The summed E-state index contributed by atoms with van der Waals surface area (Å²) >= 11 is 0. The highest BCUT2D eigenvalue weighted by Gasteiger charge is 2.01. The number of rotatable bonds is 9. The number of guanidine groups is 1. The van der Waals surface area contributed by atoms with Crippen molar-refractivity contribution in [2.24, 2.45) is 4.99 Å². The number of ether oxygens (including phenoxy) is 2. The van der Waals surface area contributed by atoms with Crippen molar-refractivity contribution in [3.8, 4) is 5.75 Å². The molecule has 148 valence electrons. The summed E-state index contributed by atoms with van der Waals surface area (Å²) in [4.78, 5) is 4.28. The third kappa shape index (κ3) is 9.10. The van der Waals surface area contributed by atoms with Crippen LogP contribution in [0.3, 0.4) is 0 Å². The molecule has 2 rings (SSSR count). The Kier molecular flexibility index (Phi) is 11.5. The Balaban J connectivity index is 0.00000364. The quantitative estimate of drug-likeness (QED) is 0.246. The Morgan fingerprint density at radius 3 is 2.33 bits per heavy atom. The molecule has 0 aliphatic rings. The van der Waals surface area contributed by atoms with E-state index in [1.54, 1.807) is 14.2 Å². The number of aryl methyl sites for hydroxylation is 1. The fourth-order valence-corrected chi connectivity index (χ4v) is 2.44. The number of nitrogens with one attached hydrogen (secondary N) is 2. The first kappa shape index (κ1) is 23.2. The van der Waals surface area contributed by atoms with E-state index in [1.165, 1.54) is 11.1 Å². The molecule has 0 fully saturated rings. The second-order valence-corrected chi connectivity index (χ2v) is 6.11. The molecule has 2 N–H and O–H groups in total. The highest BCUT2D eigenvalue weighted by Crippen LogP contribution is 2.13. The molecule has 0 aliphatic heterocycles.